The Morgan fingerprint density at radius 2 is 2.04 bits per heavy atom. The molecule has 1 fully saturated rings. The second kappa shape index (κ2) is 5.90. The number of likely N-dealkylation sites (tertiary alicyclic amines) is 1. The number of fused-ring (bicyclic) bond motifs is 3. The van der Waals surface area contributed by atoms with Crippen LogP contribution in [0.4, 0.5) is 5.82 Å². The van der Waals surface area contributed by atoms with Crippen LogP contribution in [0.2, 0.25) is 0 Å². The number of nitrogens with zero attached hydrogens (tertiary/aromatic N) is 4. The van der Waals surface area contributed by atoms with Gasteiger partial charge in [-0.2, -0.15) is 5.26 Å². The van der Waals surface area contributed by atoms with Gasteiger partial charge in [0.05, 0.1) is 28.2 Å². The number of hydrogen-bond donors (Lipinski definition) is 1. The van der Waals surface area contributed by atoms with Gasteiger partial charge in [0.2, 0.25) is 0 Å². The monoisotopic (exact) mass is 305 g/mol. The van der Waals surface area contributed by atoms with Crippen molar-refractivity contribution in [1.29, 1.82) is 5.26 Å². The maximum atomic E-state index is 9.10. The molecule has 4 rings (SSSR count). The van der Waals surface area contributed by atoms with Crippen LogP contribution in [-0.2, 0) is 0 Å². The van der Waals surface area contributed by atoms with Crippen LogP contribution in [0, 0.1) is 11.3 Å². The third kappa shape index (κ3) is 2.62. The van der Waals surface area contributed by atoms with Gasteiger partial charge in [-0.1, -0.05) is 0 Å². The number of aromatic nitrogens is 2. The molecule has 0 atom stereocenters. The second-order valence-corrected chi connectivity index (χ2v) is 6.01. The average Bonchev–Trinajstić information content (AvgIpc) is 3.26. The average molecular weight is 305 g/mol. The molecule has 23 heavy (non-hydrogen) atoms. The van der Waals surface area contributed by atoms with Crippen LogP contribution in [0.5, 0.6) is 0 Å². The van der Waals surface area contributed by atoms with E-state index in [-0.39, 0.29) is 0 Å². The highest BCUT2D eigenvalue weighted by atomic mass is 15.2. The van der Waals surface area contributed by atoms with Gasteiger partial charge < -0.3 is 14.6 Å². The molecule has 0 amide bonds. The fourth-order valence-corrected chi connectivity index (χ4v) is 3.32. The van der Waals surface area contributed by atoms with Crippen molar-refractivity contribution in [3.8, 4) is 6.07 Å². The fraction of sp³-hybridized carbons (Fsp3) is 0.333. The number of nitrogens with one attached hydrogen (secondary N) is 1. The molecule has 3 heterocycles. The first-order chi connectivity index (χ1) is 11.3. The van der Waals surface area contributed by atoms with Gasteiger partial charge in [0.25, 0.3) is 0 Å². The van der Waals surface area contributed by atoms with Crippen LogP contribution < -0.4 is 5.32 Å². The summed E-state index contributed by atoms with van der Waals surface area (Å²) in [5, 5.41) is 12.6. The highest BCUT2D eigenvalue weighted by Gasteiger charge is 2.12. The van der Waals surface area contributed by atoms with E-state index in [1.807, 2.05) is 30.5 Å². The second-order valence-electron chi connectivity index (χ2n) is 6.01. The maximum Gasteiger partial charge on any atom is 0.151 e. The van der Waals surface area contributed by atoms with E-state index in [9.17, 15) is 0 Å². The SMILES string of the molecule is N#Cc1ccc2c(c1)nc(NCCN1CCCC1)c1cccn12. The molecule has 1 saturated heterocycles. The minimum absolute atomic E-state index is 0.638. The van der Waals surface area contributed by atoms with Crippen LogP contribution in [0.25, 0.3) is 16.6 Å². The molecule has 0 bridgehead atoms. The first-order valence-electron chi connectivity index (χ1n) is 8.12. The largest absolute Gasteiger partial charge is 0.367 e. The lowest BCUT2D eigenvalue weighted by Gasteiger charge is -2.16. The molecule has 1 N–H and O–H groups in total. The van der Waals surface area contributed by atoms with E-state index in [1.54, 1.807) is 0 Å². The number of benzene rings is 1. The van der Waals surface area contributed by atoms with Crippen LogP contribution in [0.3, 0.4) is 0 Å². The van der Waals surface area contributed by atoms with Gasteiger partial charge in [-0.05, 0) is 56.3 Å². The van der Waals surface area contributed by atoms with Gasteiger partial charge in [0.1, 0.15) is 0 Å². The van der Waals surface area contributed by atoms with Crippen molar-refractivity contribution in [2.45, 2.75) is 12.8 Å². The normalized spacial score (nSPS) is 15.3. The van der Waals surface area contributed by atoms with Crippen molar-refractivity contribution in [2.75, 3.05) is 31.5 Å². The summed E-state index contributed by atoms with van der Waals surface area (Å²) in [6.45, 7) is 4.35. The zero-order chi connectivity index (χ0) is 15.6. The molecule has 0 spiro atoms. The first-order valence-corrected chi connectivity index (χ1v) is 8.12. The number of anilines is 1. The Kier molecular flexibility index (Phi) is 3.60. The van der Waals surface area contributed by atoms with Crippen molar-refractivity contribution in [3.05, 3.63) is 42.1 Å². The van der Waals surface area contributed by atoms with Gasteiger partial charge >= 0.3 is 0 Å². The molecule has 1 aliphatic heterocycles. The predicted molar refractivity (Wildman–Crippen MR) is 91.6 cm³/mol. The van der Waals surface area contributed by atoms with Crippen molar-refractivity contribution in [1.82, 2.24) is 14.3 Å². The van der Waals surface area contributed by atoms with Crippen molar-refractivity contribution < 1.29 is 0 Å². The van der Waals surface area contributed by atoms with Crippen molar-refractivity contribution >= 4 is 22.4 Å². The third-order valence-corrected chi connectivity index (χ3v) is 4.51. The lowest BCUT2D eigenvalue weighted by atomic mass is 10.2. The molecule has 3 aromatic rings. The quantitative estimate of drug-likeness (QED) is 0.805. The zero-order valence-electron chi connectivity index (χ0n) is 13.0. The van der Waals surface area contributed by atoms with Crippen molar-refractivity contribution in [2.24, 2.45) is 0 Å². The number of hydrogen-bond acceptors (Lipinski definition) is 4. The molecule has 0 radical (unpaired) electrons. The van der Waals surface area contributed by atoms with E-state index >= 15 is 0 Å². The smallest absolute Gasteiger partial charge is 0.151 e. The first kappa shape index (κ1) is 14.0. The molecular weight excluding hydrogens is 286 g/mol. The van der Waals surface area contributed by atoms with Gasteiger partial charge in [-0.15, -0.1) is 0 Å². The minimum Gasteiger partial charge on any atom is -0.367 e. The highest BCUT2D eigenvalue weighted by molar-refractivity contribution is 5.85. The predicted octanol–water partition coefficient (Wildman–Crippen LogP) is 2.87. The fourth-order valence-electron chi connectivity index (χ4n) is 3.32. The summed E-state index contributed by atoms with van der Waals surface area (Å²) in [4.78, 5) is 7.23. The molecule has 5 nitrogen and oxygen atoms in total. The molecule has 0 unspecified atom stereocenters. The standard InChI is InChI=1S/C18H19N5/c19-13-14-5-6-16-15(12-14)21-18(17-4-3-10-23(16)17)20-7-11-22-8-1-2-9-22/h3-6,10,12H,1-2,7-9,11H2,(H,20,21). The Labute approximate surface area is 135 Å². The van der Waals surface area contributed by atoms with Crippen LogP contribution in [0.1, 0.15) is 18.4 Å². The summed E-state index contributed by atoms with van der Waals surface area (Å²) in [6, 6.07) is 11.9. The Morgan fingerprint density at radius 3 is 2.87 bits per heavy atom. The summed E-state index contributed by atoms with van der Waals surface area (Å²) in [5.74, 6) is 0.886. The topological polar surface area (TPSA) is 56.4 Å². The molecule has 116 valence electrons. The maximum absolute atomic E-state index is 9.10. The molecule has 1 aliphatic rings. The van der Waals surface area contributed by atoms with E-state index in [0.29, 0.717) is 5.56 Å². The van der Waals surface area contributed by atoms with Gasteiger partial charge in [0, 0.05) is 19.3 Å². The van der Waals surface area contributed by atoms with Crippen LogP contribution >= 0.6 is 0 Å². The zero-order valence-corrected chi connectivity index (χ0v) is 13.0. The van der Waals surface area contributed by atoms with Crippen LogP contribution in [0.15, 0.2) is 36.5 Å². The van der Waals surface area contributed by atoms with E-state index < -0.39 is 0 Å². The van der Waals surface area contributed by atoms with Gasteiger partial charge in [-0.3, -0.25) is 0 Å². The lowest BCUT2D eigenvalue weighted by Crippen LogP contribution is -2.26. The van der Waals surface area contributed by atoms with E-state index in [4.69, 9.17) is 10.2 Å². The highest BCUT2D eigenvalue weighted by Crippen LogP contribution is 2.23. The van der Waals surface area contributed by atoms with Crippen molar-refractivity contribution in [3.63, 3.8) is 0 Å². The van der Waals surface area contributed by atoms with E-state index in [2.05, 4.69) is 26.8 Å². The van der Waals surface area contributed by atoms with E-state index in [1.165, 1.54) is 25.9 Å². The summed E-state index contributed by atoms with van der Waals surface area (Å²) < 4.78 is 2.13. The molecule has 0 saturated carbocycles. The summed E-state index contributed by atoms with van der Waals surface area (Å²) >= 11 is 0. The summed E-state index contributed by atoms with van der Waals surface area (Å²) in [6.07, 6.45) is 4.67. The molecule has 5 heteroatoms. The lowest BCUT2D eigenvalue weighted by molar-refractivity contribution is 0.352. The summed E-state index contributed by atoms with van der Waals surface area (Å²) in [5.41, 5.74) is 3.58. The van der Waals surface area contributed by atoms with Gasteiger partial charge in [-0.25, -0.2) is 4.98 Å². The Balaban J connectivity index is 1.66. The third-order valence-electron chi connectivity index (χ3n) is 4.51. The minimum atomic E-state index is 0.638. The number of nitriles is 1. The van der Waals surface area contributed by atoms with Crippen LogP contribution in [-0.4, -0.2) is 40.5 Å². The Morgan fingerprint density at radius 1 is 1.17 bits per heavy atom. The summed E-state index contributed by atoms with van der Waals surface area (Å²) in [7, 11) is 0. The molecule has 1 aromatic carbocycles. The van der Waals surface area contributed by atoms with Gasteiger partial charge in [0.15, 0.2) is 5.82 Å². The molecule has 0 aliphatic carbocycles. The number of rotatable bonds is 4. The molecular formula is C18H19N5. The van der Waals surface area contributed by atoms with E-state index in [0.717, 1.165) is 35.5 Å². The Bertz CT molecular complexity index is 883. The Hall–Kier alpha value is -2.58. The molecule has 2 aromatic heterocycles.